The number of hydrogen-bond donors (Lipinski definition) is 1. The minimum atomic E-state index is -0.427. The molecule has 0 amide bonds. The molecular weight excluding hydrogens is 185 g/mol. The van der Waals surface area contributed by atoms with Gasteiger partial charge < -0.3 is 9.72 Å². The van der Waals surface area contributed by atoms with Crippen LogP contribution in [0.3, 0.4) is 0 Å². The van der Waals surface area contributed by atoms with Gasteiger partial charge in [0.1, 0.15) is 11.6 Å². The Morgan fingerprint density at radius 3 is 2.93 bits per heavy atom. The second-order valence-corrected chi connectivity index (χ2v) is 2.86. The van der Waals surface area contributed by atoms with E-state index >= 15 is 0 Å². The Balaban J connectivity index is 2.86. The largest absolute Gasteiger partial charge is 0.495 e. The summed E-state index contributed by atoms with van der Waals surface area (Å²) in [4.78, 5) is 13.4. The van der Waals surface area contributed by atoms with E-state index in [4.69, 9.17) is 4.74 Å². The molecule has 0 bridgehead atoms. The maximum atomic E-state index is 13.3. The Morgan fingerprint density at radius 2 is 2.29 bits per heavy atom. The van der Waals surface area contributed by atoms with Crippen molar-refractivity contribution in [1.82, 2.24) is 4.98 Å². The van der Waals surface area contributed by atoms with E-state index in [1.165, 1.54) is 25.4 Å². The first kappa shape index (κ1) is 8.74. The summed E-state index contributed by atoms with van der Waals surface area (Å²) in [6.07, 6.45) is 2.07. The molecular formula is C10H8FNO2. The average molecular weight is 193 g/mol. The highest BCUT2D eigenvalue weighted by Gasteiger charge is 2.11. The van der Waals surface area contributed by atoms with Gasteiger partial charge in [0.25, 0.3) is 0 Å². The first-order chi connectivity index (χ1) is 6.77. The molecule has 0 saturated carbocycles. The molecule has 0 saturated heterocycles. The third kappa shape index (κ3) is 1.08. The van der Waals surface area contributed by atoms with Gasteiger partial charge in [-0.05, 0) is 12.1 Å². The number of ether oxygens (including phenoxy) is 1. The van der Waals surface area contributed by atoms with E-state index in [0.717, 1.165) is 0 Å². The van der Waals surface area contributed by atoms with Gasteiger partial charge in [-0.25, -0.2) is 4.39 Å². The molecule has 0 atom stereocenters. The Hall–Kier alpha value is -1.84. The molecule has 72 valence electrons. The number of H-pyrrole nitrogens is 1. The fourth-order valence-corrected chi connectivity index (χ4v) is 1.47. The number of aromatic nitrogens is 1. The summed E-state index contributed by atoms with van der Waals surface area (Å²) in [7, 11) is 1.49. The fourth-order valence-electron chi connectivity index (χ4n) is 1.47. The molecule has 1 aromatic carbocycles. The van der Waals surface area contributed by atoms with Gasteiger partial charge in [0.15, 0.2) is 6.29 Å². The van der Waals surface area contributed by atoms with E-state index in [1.54, 1.807) is 0 Å². The van der Waals surface area contributed by atoms with Crippen molar-refractivity contribution in [3.63, 3.8) is 0 Å². The molecule has 0 aliphatic carbocycles. The van der Waals surface area contributed by atoms with Crippen LogP contribution in [0.5, 0.6) is 5.75 Å². The zero-order valence-electron chi connectivity index (χ0n) is 7.50. The standard InChI is InChI=1S/C10H8FNO2/c1-14-8-3-2-7(11)9-6(5-13)4-12-10(8)9/h2-5,12H,1H3. The summed E-state index contributed by atoms with van der Waals surface area (Å²) in [5, 5.41) is 0.277. The fraction of sp³-hybridized carbons (Fsp3) is 0.100. The summed E-state index contributed by atoms with van der Waals surface area (Å²) in [6, 6.07) is 2.80. The zero-order valence-corrected chi connectivity index (χ0v) is 7.50. The topological polar surface area (TPSA) is 42.1 Å². The predicted molar refractivity (Wildman–Crippen MR) is 50.2 cm³/mol. The van der Waals surface area contributed by atoms with Gasteiger partial charge in [-0.2, -0.15) is 0 Å². The number of aromatic amines is 1. The van der Waals surface area contributed by atoms with Crippen molar-refractivity contribution in [2.45, 2.75) is 0 Å². The van der Waals surface area contributed by atoms with Gasteiger partial charge >= 0.3 is 0 Å². The van der Waals surface area contributed by atoms with Gasteiger partial charge in [0.2, 0.25) is 0 Å². The number of benzene rings is 1. The van der Waals surface area contributed by atoms with Crippen molar-refractivity contribution in [3.8, 4) is 5.75 Å². The highest BCUT2D eigenvalue weighted by molar-refractivity contribution is 5.99. The number of halogens is 1. The van der Waals surface area contributed by atoms with E-state index in [1.807, 2.05) is 0 Å². The molecule has 0 fully saturated rings. The number of hydrogen-bond acceptors (Lipinski definition) is 2. The molecule has 0 aliphatic heterocycles. The third-order valence-electron chi connectivity index (χ3n) is 2.12. The van der Waals surface area contributed by atoms with Crippen LogP contribution < -0.4 is 4.74 Å². The van der Waals surface area contributed by atoms with Crippen LogP contribution in [-0.4, -0.2) is 18.4 Å². The van der Waals surface area contributed by atoms with Gasteiger partial charge in [0, 0.05) is 17.1 Å². The van der Waals surface area contributed by atoms with Crippen LogP contribution in [0.2, 0.25) is 0 Å². The molecule has 0 radical (unpaired) electrons. The molecule has 1 N–H and O–H groups in total. The SMILES string of the molecule is COc1ccc(F)c2c(C=O)c[nH]c12. The van der Waals surface area contributed by atoms with Crippen LogP contribution in [0.4, 0.5) is 4.39 Å². The minimum absolute atomic E-state index is 0.277. The van der Waals surface area contributed by atoms with Gasteiger partial charge in [-0.1, -0.05) is 0 Å². The zero-order chi connectivity index (χ0) is 10.1. The Labute approximate surface area is 79.5 Å². The van der Waals surface area contributed by atoms with E-state index in [0.29, 0.717) is 23.1 Å². The highest BCUT2D eigenvalue weighted by Crippen LogP contribution is 2.28. The van der Waals surface area contributed by atoms with Gasteiger partial charge in [0.05, 0.1) is 12.6 Å². The van der Waals surface area contributed by atoms with Crippen LogP contribution >= 0.6 is 0 Å². The summed E-state index contributed by atoms with van der Waals surface area (Å²) in [5.41, 5.74) is 0.811. The van der Waals surface area contributed by atoms with Gasteiger partial charge in [-0.15, -0.1) is 0 Å². The van der Waals surface area contributed by atoms with E-state index < -0.39 is 5.82 Å². The highest BCUT2D eigenvalue weighted by atomic mass is 19.1. The van der Waals surface area contributed by atoms with Crippen molar-refractivity contribution in [2.24, 2.45) is 0 Å². The maximum absolute atomic E-state index is 13.3. The number of aldehydes is 1. The summed E-state index contributed by atoms with van der Waals surface area (Å²) >= 11 is 0. The number of carbonyl (C=O) groups is 1. The molecule has 4 heteroatoms. The van der Waals surface area contributed by atoms with Crippen molar-refractivity contribution in [3.05, 3.63) is 29.7 Å². The quantitative estimate of drug-likeness (QED) is 0.742. The summed E-state index contributed by atoms with van der Waals surface area (Å²) in [5.74, 6) is 0.0960. The molecule has 1 heterocycles. The molecule has 0 spiro atoms. The van der Waals surface area contributed by atoms with Crippen LogP contribution in [0.25, 0.3) is 10.9 Å². The lowest BCUT2D eigenvalue weighted by Crippen LogP contribution is -1.87. The number of methoxy groups -OCH3 is 1. The number of rotatable bonds is 2. The molecule has 14 heavy (non-hydrogen) atoms. The van der Waals surface area contributed by atoms with Crippen molar-refractivity contribution in [2.75, 3.05) is 7.11 Å². The number of carbonyl (C=O) groups excluding carboxylic acids is 1. The third-order valence-corrected chi connectivity index (χ3v) is 2.12. The lowest BCUT2D eigenvalue weighted by molar-refractivity contribution is 0.112. The maximum Gasteiger partial charge on any atom is 0.152 e. The van der Waals surface area contributed by atoms with E-state index in [-0.39, 0.29) is 5.39 Å². The molecule has 0 unspecified atom stereocenters. The normalized spacial score (nSPS) is 10.4. The predicted octanol–water partition coefficient (Wildman–Crippen LogP) is 2.13. The molecule has 3 nitrogen and oxygen atoms in total. The van der Waals surface area contributed by atoms with Crippen LogP contribution in [0.1, 0.15) is 10.4 Å². The van der Waals surface area contributed by atoms with Crippen molar-refractivity contribution >= 4 is 17.2 Å². The van der Waals surface area contributed by atoms with E-state index in [9.17, 15) is 9.18 Å². The molecule has 2 rings (SSSR count). The lowest BCUT2D eigenvalue weighted by atomic mass is 10.1. The first-order valence-corrected chi connectivity index (χ1v) is 4.06. The van der Waals surface area contributed by atoms with Crippen molar-refractivity contribution in [1.29, 1.82) is 0 Å². The molecule has 0 aliphatic rings. The summed E-state index contributed by atoms with van der Waals surface area (Å²) < 4.78 is 18.4. The lowest BCUT2D eigenvalue weighted by Gasteiger charge is -2.01. The number of fused-ring (bicyclic) bond motifs is 1. The smallest absolute Gasteiger partial charge is 0.152 e. The van der Waals surface area contributed by atoms with Crippen LogP contribution in [-0.2, 0) is 0 Å². The second-order valence-electron chi connectivity index (χ2n) is 2.86. The number of nitrogens with one attached hydrogen (secondary N) is 1. The van der Waals surface area contributed by atoms with Crippen LogP contribution in [0.15, 0.2) is 18.3 Å². The molecule has 2 aromatic rings. The first-order valence-electron chi connectivity index (χ1n) is 4.06. The Bertz CT molecular complexity index is 490. The Morgan fingerprint density at radius 1 is 1.50 bits per heavy atom. The van der Waals surface area contributed by atoms with Crippen LogP contribution in [0, 0.1) is 5.82 Å². The average Bonchev–Trinajstić information content (AvgIpc) is 2.63. The summed E-state index contributed by atoms with van der Waals surface area (Å²) in [6.45, 7) is 0. The van der Waals surface area contributed by atoms with Crippen molar-refractivity contribution < 1.29 is 13.9 Å². The minimum Gasteiger partial charge on any atom is -0.495 e. The second kappa shape index (κ2) is 3.14. The van der Waals surface area contributed by atoms with E-state index in [2.05, 4.69) is 4.98 Å². The Kier molecular flexibility index (Phi) is 1.96. The monoisotopic (exact) mass is 193 g/mol. The molecule has 1 aromatic heterocycles. The van der Waals surface area contributed by atoms with Gasteiger partial charge in [-0.3, -0.25) is 4.79 Å².